The number of thiazole rings is 1. The second kappa shape index (κ2) is 12.1. The molecule has 0 saturated heterocycles. The Morgan fingerprint density at radius 2 is 1.54 bits per heavy atom. The molecule has 0 aliphatic heterocycles. The van der Waals surface area contributed by atoms with Gasteiger partial charge in [0, 0.05) is 4.88 Å². The molecule has 2 aliphatic carbocycles. The van der Waals surface area contributed by atoms with Crippen LogP contribution in [0.4, 0.5) is 5.13 Å². The lowest BCUT2D eigenvalue weighted by Gasteiger charge is -2.37. The minimum atomic E-state index is -3.92. The maximum atomic E-state index is 15.1. The van der Waals surface area contributed by atoms with Crippen LogP contribution in [-0.2, 0) is 30.0 Å². The molecule has 2 aromatic heterocycles. The molecule has 0 atom stereocenters. The van der Waals surface area contributed by atoms with Gasteiger partial charge < -0.3 is 19.6 Å². The summed E-state index contributed by atoms with van der Waals surface area (Å²) in [6.45, 7) is 8.15. The third-order valence-electron chi connectivity index (χ3n) is 7.43. The Kier molecular flexibility index (Phi) is 9.26. The number of nitrogens with one attached hydrogen (secondary N) is 2. The highest BCUT2D eigenvalue weighted by molar-refractivity contribution is 7.67. The lowest BCUT2D eigenvalue weighted by Crippen LogP contribution is -2.57. The molecule has 4 rings (SSSR count). The summed E-state index contributed by atoms with van der Waals surface area (Å²) in [5.41, 5.74) is 4.46. The fourth-order valence-electron chi connectivity index (χ4n) is 5.66. The first-order valence-corrected chi connectivity index (χ1v) is 16.5. The van der Waals surface area contributed by atoms with Crippen LogP contribution < -0.4 is 21.4 Å². The molecule has 4 N–H and O–H groups in total. The van der Waals surface area contributed by atoms with Crippen LogP contribution in [-0.4, -0.2) is 41.2 Å². The normalized spacial score (nSPS) is 18.5. The van der Waals surface area contributed by atoms with Crippen molar-refractivity contribution < 1.29 is 28.0 Å². The quantitative estimate of drug-likeness (QED) is 0.233. The van der Waals surface area contributed by atoms with Gasteiger partial charge >= 0.3 is 11.9 Å². The molecule has 2 heterocycles. The van der Waals surface area contributed by atoms with Crippen molar-refractivity contribution in [2.75, 3.05) is 18.9 Å². The molecule has 0 spiro atoms. The van der Waals surface area contributed by atoms with E-state index in [0.717, 1.165) is 37.0 Å². The highest BCUT2D eigenvalue weighted by Crippen LogP contribution is 2.49. The summed E-state index contributed by atoms with van der Waals surface area (Å²) in [7, 11) is -3.92. The number of carbonyl (C=O) groups is 2. The number of aromatic nitrogens is 1. The SMILES string of the molecule is CCOC(=O)C1(NP(=O)(NC2(C(=O)OCC)CCCC2)c2ccc(-c3nc(N)sc3CC(C)C)o2)CCCC1. The molecule has 0 amide bonds. The molecule has 39 heavy (non-hydrogen) atoms. The van der Waals surface area contributed by atoms with E-state index in [4.69, 9.17) is 19.6 Å². The van der Waals surface area contributed by atoms with Gasteiger partial charge in [-0.2, -0.15) is 0 Å². The topological polar surface area (TPSA) is 146 Å². The zero-order valence-corrected chi connectivity index (χ0v) is 25.1. The van der Waals surface area contributed by atoms with Crippen LogP contribution in [0.15, 0.2) is 16.5 Å². The Bertz CT molecular complexity index is 1170. The minimum Gasteiger partial charge on any atom is -0.465 e. The number of carbonyl (C=O) groups excluding carboxylic acids is 2. The molecule has 2 aliphatic rings. The van der Waals surface area contributed by atoms with Crippen molar-refractivity contribution in [3.63, 3.8) is 0 Å². The number of hydrogen-bond donors (Lipinski definition) is 3. The van der Waals surface area contributed by atoms with E-state index in [-0.39, 0.29) is 18.7 Å². The van der Waals surface area contributed by atoms with Gasteiger partial charge in [0.25, 0.3) is 7.44 Å². The molecule has 0 unspecified atom stereocenters. The largest absolute Gasteiger partial charge is 0.465 e. The van der Waals surface area contributed by atoms with E-state index in [1.54, 1.807) is 26.0 Å². The number of rotatable bonds is 12. The van der Waals surface area contributed by atoms with E-state index in [1.165, 1.54) is 11.3 Å². The first kappa shape index (κ1) is 29.8. The average molecular weight is 581 g/mol. The Labute approximate surface area is 234 Å². The third kappa shape index (κ3) is 6.26. The van der Waals surface area contributed by atoms with Gasteiger partial charge in [-0.25, -0.2) is 15.2 Å². The second-order valence-electron chi connectivity index (χ2n) is 10.9. The number of ether oxygens (including phenoxy) is 2. The Hall–Kier alpha value is -2.20. The average Bonchev–Trinajstić information content (AvgIpc) is 3.67. The van der Waals surface area contributed by atoms with Gasteiger partial charge in [-0.05, 0) is 64.0 Å². The molecule has 12 heteroatoms. The number of nitrogens with two attached hydrogens (primary N) is 1. The van der Waals surface area contributed by atoms with Crippen LogP contribution in [0.1, 0.15) is 83.9 Å². The van der Waals surface area contributed by atoms with Gasteiger partial charge in [0.2, 0.25) is 0 Å². The molecular weight excluding hydrogens is 539 g/mol. The van der Waals surface area contributed by atoms with Gasteiger partial charge in [-0.1, -0.05) is 39.5 Å². The molecule has 0 radical (unpaired) electrons. The lowest BCUT2D eigenvalue weighted by atomic mass is 10.00. The minimum absolute atomic E-state index is 0.116. The van der Waals surface area contributed by atoms with Crippen molar-refractivity contribution in [2.24, 2.45) is 5.92 Å². The van der Waals surface area contributed by atoms with Crippen molar-refractivity contribution in [1.29, 1.82) is 0 Å². The summed E-state index contributed by atoms with van der Waals surface area (Å²) >= 11 is 1.41. The number of anilines is 1. The predicted octanol–water partition coefficient (Wildman–Crippen LogP) is 4.93. The predicted molar refractivity (Wildman–Crippen MR) is 152 cm³/mol. The zero-order chi connectivity index (χ0) is 28.3. The first-order valence-electron chi connectivity index (χ1n) is 14.0. The Balaban J connectivity index is 1.78. The molecule has 0 bridgehead atoms. The summed E-state index contributed by atoms with van der Waals surface area (Å²) in [6, 6.07) is 3.35. The first-order chi connectivity index (χ1) is 18.6. The van der Waals surface area contributed by atoms with Crippen molar-refractivity contribution in [1.82, 2.24) is 15.2 Å². The zero-order valence-electron chi connectivity index (χ0n) is 23.3. The molecule has 2 saturated carbocycles. The molecule has 0 aromatic carbocycles. The summed E-state index contributed by atoms with van der Waals surface area (Å²) < 4.78 is 32.2. The van der Waals surface area contributed by atoms with E-state index < -0.39 is 30.5 Å². The summed E-state index contributed by atoms with van der Waals surface area (Å²) in [5, 5.41) is 6.82. The molecule has 2 fully saturated rings. The molecular formula is C27H41N4O6PS. The lowest BCUT2D eigenvalue weighted by molar-refractivity contribution is -0.150. The fourth-order valence-corrected chi connectivity index (χ4v) is 9.33. The van der Waals surface area contributed by atoms with Crippen LogP contribution in [0.5, 0.6) is 0 Å². The highest BCUT2D eigenvalue weighted by atomic mass is 32.1. The Morgan fingerprint density at radius 3 is 2.00 bits per heavy atom. The monoisotopic (exact) mass is 580 g/mol. The smallest absolute Gasteiger partial charge is 0.326 e. The number of nitrogens with zero attached hydrogens (tertiary/aromatic N) is 1. The van der Waals surface area contributed by atoms with E-state index in [9.17, 15) is 9.59 Å². The van der Waals surface area contributed by atoms with Gasteiger partial charge in [0.1, 0.15) is 16.8 Å². The van der Waals surface area contributed by atoms with Crippen LogP contribution >= 0.6 is 18.8 Å². The van der Waals surface area contributed by atoms with Gasteiger partial charge in [-0.3, -0.25) is 14.2 Å². The van der Waals surface area contributed by atoms with Gasteiger partial charge in [0.15, 0.2) is 16.4 Å². The van der Waals surface area contributed by atoms with Crippen LogP contribution in [0.25, 0.3) is 11.5 Å². The van der Waals surface area contributed by atoms with E-state index in [2.05, 4.69) is 29.0 Å². The highest BCUT2D eigenvalue weighted by Gasteiger charge is 2.53. The molecule has 10 nitrogen and oxygen atoms in total. The third-order valence-corrected chi connectivity index (χ3v) is 10.7. The van der Waals surface area contributed by atoms with E-state index in [0.29, 0.717) is 48.2 Å². The molecule has 216 valence electrons. The van der Waals surface area contributed by atoms with Crippen LogP contribution in [0.2, 0.25) is 0 Å². The van der Waals surface area contributed by atoms with Crippen LogP contribution in [0.3, 0.4) is 0 Å². The fraction of sp³-hybridized carbons (Fsp3) is 0.667. The number of nitrogen functional groups attached to an aromatic ring is 1. The maximum Gasteiger partial charge on any atom is 0.326 e. The maximum absolute atomic E-state index is 15.1. The molecule has 2 aromatic rings. The number of hydrogen-bond acceptors (Lipinski definition) is 9. The van der Waals surface area contributed by atoms with Crippen molar-refractivity contribution in [3.05, 3.63) is 17.0 Å². The van der Waals surface area contributed by atoms with Gasteiger partial charge in [0.05, 0.1) is 13.2 Å². The van der Waals surface area contributed by atoms with Crippen molar-refractivity contribution in [3.8, 4) is 11.5 Å². The summed E-state index contributed by atoms with van der Waals surface area (Å²) in [4.78, 5) is 31.9. The summed E-state index contributed by atoms with van der Waals surface area (Å²) in [6.07, 6.45) is 5.80. The van der Waals surface area contributed by atoms with Crippen molar-refractivity contribution in [2.45, 2.75) is 96.6 Å². The second-order valence-corrected chi connectivity index (χ2v) is 14.1. The van der Waals surface area contributed by atoms with E-state index >= 15 is 4.57 Å². The van der Waals surface area contributed by atoms with E-state index in [1.807, 2.05) is 0 Å². The Morgan fingerprint density at radius 1 is 1.03 bits per heavy atom. The van der Waals surface area contributed by atoms with Crippen LogP contribution in [0, 0.1) is 5.92 Å². The van der Waals surface area contributed by atoms with Crippen molar-refractivity contribution >= 4 is 41.4 Å². The summed E-state index contributed by atoms with van der Waals surface area (Å²) in [5.74, 6) is -0.0736. The number of esters is 2. The number of furan rings is 1. The standard InChI is InChI=1S/C27H41N4O6PS/c1-5-35-23(32)26(13-7-8-14-26)30-38(34,31-27(15-9-10-16-27)24(33)36-6-2)21-12-11-19(37-21)22-20(17-18(3)4)39-25(28)29-22/h11-12,18H,5-10,13-17H2,1-4H3,(H2,28,29)(H2,30,31,34). The van der Waals surface area contributed by atoms with Gasteiger partial charge in [-0.15, -0.1) is 11.3 Å².